The van der Waals surface area contributed by atoms with E-state index in [1.165, 1.54) is 11.3 Å². The van der Waals surface area contributed by atoms with Gasteiger partial charge < -0.3 is 5.32 Å². The van der Waals surface area contributed by atoms with Crippen molar-refractivity contribution in [1.29, 1.82) is 0 Å². The first-order valence-electron chi connectivity index (χ1n) is 4.47. The van der Waals surface area contributed by atoms with Crippen molar-refractivity contribution in [3.63, 3.8) is 0 Å². The summed E-state index contributed by atoms with van der Waals surface area (Å²) in [5.74, 6) is 0. The van der Waals surface area contributed by atoms with Gasteiger partial charge in [0.1, 0.15) is 0 Å². The van der Waals surface area contributed by atoms with Gasteiger partial charge in [-0.2, -0.15) is 5.10 Å². The van der Waals surface area contributed by atoms with Gasteiger partial charge in [-0.15, -0.1) is 6.58 Å². The molecule has 0 spiro atoms. The van der Waals surface area contributed by atoms with Gasteiger partial charge in [0.15, 0.2) is 0 Å². The van der Waals surface area contributed by atoms with E-state index in [2.05, 4.69) is 23.9 Å². The average Bonchev–Trinajstić information content (AvgIpc) is 2.32. The highest BCUT2D eigenvalue weighted by Crippen LogP contribution is 2.10. The van der Waals surface area contributed by atoms with Gasteiger partial charge in [-0.05, 0) is 13.8 Å². The molecule has 13 heavy (non-hydrogen) atoms. The molecule has 0 unspecified atom stereocenters. The van der Waals surface area contributed by atoms with Crippen LogP contribution in [-0.2, 0) is 13.6 Å². The zero-order valence-corrected chi connectivity index (χ0v) is 8.59. The Labute approximate surface area is 79.5 Å². The Kier molecular flexibility index (Phi) is 3.25. The van der Waals surface area contributed by atoms with Crippen LogP contribution in [0.25, 0.3) is 0 Å². The van der Waals surface area contributed by atoms with Crippen LogP contribution in [0.4, 0.5) is 0 Å². The fourth-order valence-electron chi connectivity index (χ4n) is 1.37. The zero-order valence-electron chi connectivity index (χ0n) is 8.59. The molecule has 1 aromatic rings. The number of rotatable bonds is 4. The fraction of sp³-hybridized carbons (Fsp3) is 0.500. The monoisotopic (exact) mass is 179 g/mol. The largest absolute Gasteiger partial charge is 0.309 e. The van der Waals surface area contributed by atoms with Gasteiger partial charge in [-0.1, -0.05) is 6.08 Å². The highest BCUT2D eigenvalue weighted by Gasteiger charge is 2.07. The number of nitrogens with one attached hydrogen (secondary N) is 1. The van der Waals surface area contributed by atoms with E-state index in [9.17, 15) is 0 Å². The zero-order chi connectivity index (χ0) is 9.84. The normalized spacial score (nSPS) is 10.4. The molecule has 1 rings (SSSR count). The molecule has 0 bridgehead atoms. The molecule has 0 radical (unpaired) electrons. The first-order valence-corrected chi connectivity index (χ1v) is 4.47. The Hall–Kier alpha value is -1.09. The highest BCUT2D eigenvalue weighted by molar-refractivity contribution is 5.23. The van der Waals surface area contributed by atoms with E-state index in [4.69, 9.17) is 0 Å². The Bertz CT molecular complexity index is 299. The Morgan fingerprint density at radius 3 is 2.69 bits per heavy atom. The van der Waals surface area contributed by atoms with Gasteiger partial charge >= 0.3 is 0 Å². The van der Waals surface area contributed by atoms with Crippen LogP contribution in [0.5, 0.6) is 0 Å². The van der Waals surface area contributed by atoms with Crippen LogP contribution >= 0.6 is 0 Å². The maximum Gasteiger partial charge on any atom is 0.0641 e. The molecule has 0 saturated carbocycles. The molecule has 0 aromatic carbocycles. The summed E-state index contributed by atoms with van der Waals surface area (Å²) in [6, 6.07) is 0. The summed E-state index contributed by atoms with van der Waals surface area (Å²) in [7, 11) is 1.97. The SMILES string of the molecule is C=CCNCc1c(C)nn(C)c1C. The van der Waals surface area contributed by atoms with E-state index in [0.29, 0.717) is 0 Å². The summed E-state index contributed by atoms with van der Waals surface area (Å²) in [5.41, 5.74) is 3.63. The third-order valence-electron chi connectivity index (χ3n) is 2.25. The lowest BCUT2D eigenvalue weighted by atomic mass is 10.2. The predicted molar refractivity (Wildman–Crippen MR) is 54.6 cm³/mol. The van der Waals surface area contributed by atoms with E-state index in [1.807, 2.05) is 24.7 Å². The molecule has 1 heterocycles. The number of hydrogen-bond donors (Lipinski definition) is 1. The van der Waals surface area contributed by atoms with Gasteiger partial charge in [0.05, 0.1) is 5.69 Å². The van der Waals surface area contributed by atoms with Crippen LogP contribution in [0.2, 0.25) is 0 Å². The van der Waals surface area contributed by atoms with E-state index < -0.39 is 0 Å². The van der Waals surface area contributed by atoms with E-state index in [-0.39, 0.29) is 0 Å². The fourth-order valence-corrected chi connectivity index (χ4v) is 1.37. The summed E-state index contributed by atoms with van der Waals surface area (Å²) in [5, 5.41) is 7.62. The Morgan fingerprint density at radius 1 is 1.54 bits per heavy atom. The van der Waals surface area contributed by atoms with E-state index in [1.54, 1.807) is 0 Å². The quantitative estimate of drug-likeness (QED) is 0.558. The second kappa shape index (κ2) is 4.23. The van der Waals surface area contributed by atoms with E-state index in [0.717, 1.165) is 18.8 Å². The van der Waals surface area contributed by atoms with Crippen molar-refractivity contribution in [3.8, 4) is 0 Å². The molecule has 0 aliphatic heterocycles. The Balaban J connectivity index is 2.69. The molecular formula is C10H17N3. The summed E-state index contributed by atoms with van der Waals surface area (Å²) in [4.78, 5) is 0. The second-order valence-electron chi connectivity index (χ2n) is 3.19. The molecule has 3 heteroatoms. The van der Waals surface area contributed by atoms with Crippen molar-refractivity contribution in [2.24, 2.45) is 7.05 Å². The molecule has 0 saturated heterocycles. The number of aryl methyl sites for hydroxylation is 2. The molecule has 0 aliphatic carbocycles. The number of hydrogen-bond acceptors (Lipinski definition) is 2. The molecule has 72 valence electrons. The van der Waals surface area contributed by atoms with Crippen molar-refractivity contribution < 1.29 is 0 Å². The summed E-state index contributed by atoms with van der Waals surface area (Å²) < 4.78 is 1.92. The van der Waals surface area contributed by atoms with Crippen LogP contribution in [-0.4, -0.2) is 16.3 Å². The lowest BCUT2D eigenvalue weighted by molar-refractivity contribution is 0.723. The molecule has 3 nitrogen and oxygen atoms in total. The van der Waals surface area contributed by atoms with Gasteiger partial charge in [-0.25, -0.2) is 0 Å². The highest BCUT2D eigenvalue weighted by atomic mass is 15.3. The van der Waals surface area contributed by atoms with Crippen molar-refractivity contribution in [2.75, 3.05) is 6.54 Å². The maximum atomic E-state index is 4.34. The van der Waals surface area contributed by atoms with Crippen LogP contribution < -0.4 is 5.32 Å². The van der Waals surface area contributed by atoms with Crippen molar-refractivity contribution in [1.82, 2.24) is 15.1 Å². The van der Waals surface area contributed by atoms with Crippen LogP contribution in [0.15, 0.2) is 12.7 Å². The third kappa shape index (κ3) is 2.18. The second-order valence-corrected chi connectivity index (χ2v) is 3.19. The minimum absolute atomic E-state index is 0.841. The molecule has 1 aromatic heterocycles. The first-order chi connectivity index (χ1) is 6.16. The summed E-state index contributed by atoms with van der Waals surface area (Å²) in [6.45, 7) is 9.50. The van der Waals surface area contributed by atoms with Crippen LogP contribution in [0.3, 0.4) is 0 Å². The van der Waals surface area contributed by atoms with Gasteiger partial charge in [0, 0.05) is 31.4 Å². The minimum Gasteiger partial charge on any atom is -0.309 e. The van der Waals surface area contributed by atoms with Gasteiger partial charge in [-0.3, -0.25) is 4.68 Å². The maximum absolute atomic E-state index is 4.34. The molecule has 0 atom stereocenters. The van der Waals surface area contributed by atoms with E-state index >= 15 is 0 Å². The smallest absolute Gasteiger partial charge is 0.0641 e. The molecule has 1 N–H and O–H groups in total. The van der Waals surface area contributed by atoms with Gasteiger partial charge in [0.2, 0.25) is 0 Å². The summed E-state index contributed by atoms with van der Waals surface area (Å²) in [6.07, 6.45) is 1.86. The third-order valence-corrected chi connectivity index (χ3v) is 2.25. The standard InChI is InChI=1S/C10H17N3/c1-5-6-11-7-10-8(2)12-13(4)9(10)3/h5,11H,1,6-7H2,2-4H3. The molecular weight excluding hydrogens is 162 g/mol. The minimum atomic E-state index is 0.841. The van der Waals surface area contributed by atoms with Crippen molar-refractivity contribution >= 4 is 0 Å². The summed E-state index contributed by atoms with van der Waals surface area (Å²) >= 11 is 0. The first kappa shape index (κ1) is 9.99. The Morgan fingerprint density at radius 2 is 2.23 bits per heavy atom. The van der Waals surface area contributed by atoms with Gasteiger partial charge in [0.25, 0.3) is 0 Å². The van der Waals surface area contributed by atoms with Crippen LogP contribution in [0.1, 0.15) is 17.0 Å². The van der Waals surface area contributed by atoms with Crippen LogP contribution in [0, 0.1) is 13.8 Å². The topological polar surface area (TPSA) is 29.9 Å². The average molecular weight is 179 g/mol. The number of aromatic nitrogens is 2. The predicted octanol–water partition coefficient (Wildman–Crippen LogP) is 1.31. The van der Waals surface area contributed by atoms with Crippen molar-refractivity contribution in [3.05, 3.63) is 29.6 Å². The molecule has 0 fully saturated rings. The van der Waals surface area contributed by atoms with Crippen molar-refractivity contribution in [2.45, 2.75) is 20.4 Å². The molecule has 0 amide bonds. The lowest BCUT2D eigenvalue weighted by Gasteiger charge is -2.02. The molecule has 0 aliphatic rings. The number of nitrogens with zero attached hydrogens (tertiary/aromatic N) is 2. The lowest BCUT2D eigenvalue weighted by Crippen LogP contribution is -2.13.